The average Bonchev–Trinajstić information content (AvgIpc) is 2.88. The van der Waals surface area contributed by atoms with Crippen molar-refractivity contribution < 1.29 is 13.2 Å². The van der Waals surface area contributed by atoms with Gasteiger partial charge in [-0.25, -0.2) is 8.42 Å². The molecule has 0 spiro atoms. The van der Waals surface area contributed by atoms with Gasteiger partial charge in [0, 0.05) is 17.2 Å². The molecule has 1 aromatic carbocycles. The minimum atomic E-state index is -3.24. The van der Waals surface area contributed by atoms with Crippen LogP contribution in [0.3, 0.4) is 0 Å². The summed E-state index contributed by atoms with van der Waals surface area (Å²) >= 11 is 1.57. The summed E-state index contributed by atoms with van der Waals surface area (Å²) in [7, 11) is -3.24. The molecule has 0 amide bonds. The maximum absolute atomic E-state index is 11.6. The van der Waals surface area contributed by atoms with Crippen LogP contribution in [0.1, 0.15) is 17.9 Å². The van der Waals surface area contributed by atoms with Gasteiger partial charge in [-0.1, -0.05) is 12.1 Å². The zero-order chi connectivity index (χ0) is 14.8. The van der Waals surface area contributed by atoms with Crippen LogP contribution >= 0.6 is 11.3 Å². The molecule has 1 aromatic heterocycles. The Morgan fingerprint density at radius 3 is 2.55 bits per heavy atom. The first-order valence-corrected chi connectivity index (χ1v) is 8.91. The molecule has 4 nitrogen and oxygen atoms in total. The molecule has 1 heterocycles. The molecule has 20 heavy (non-hydrogen) atoms. The predicted octanol–water partition coefficient (Wildman–Crippen LogP) is 2.62. The van der Waals surface area contributed by atoms with Gasteiger partial charge in [-0.05, 0) is 36.6 Å². The summed E-state index contributed by atoms with van der Waals surface area (Å²) < 4.78 is 29.0. The third-order valence-electron chi connectivity index (χ3n) is 2.80. The van der Waals surface area contributed by atoms with Crippen LogP contribution in [0.15, 0.2) is 46.7 Å². The molecule has 0 fully saturated rings. The molecule has 0 bridgehead atoms. The van der Waals surface area contributed by atoms with Crippen LogP contribution in [0.2, 0.25) is 0 Å². The Balaban J connectivity index is 2.28. The third kappa shape index (κ3) is 3.59. The first kappa shape index (κ1) is 15.0. The molecular weight excluding hydrogens is 294 g/mol. The number of sulfone groups is 1. The standard InChI is InChI=1S/C14H17NO3S2/c1-10(15)14(13-7-4-8-19-13)18-11-5-3-6-12(9-11)20(2,16)17/h3-10,14H,15H2,1-2H3. The van der Waals surface area contributed by atoms with Crippen LogP contribution in [0.25, 0.3) is 0 Å². The number of ether oxygens (including phenoxy) is 1. The van der Waals surface area contributed by atoms with Gasteiger partial charge in [0.05, 0.1) is 4.90 Å². The second-order valence-corrected chi connectivity index (χ2v) is 7.66. The molecule has 2 unspecified atom stereocenters. The van der Waals surface area contributed by atoms with Crippen molar-refractivity contribution in [2.75, 3.05) is 6.26 Å². The minimum Gasteiger partial charge on any atom is -0.483 e. The molecule has 6 heteroatoms. The van der Waals surface area contributed by atoms with E-state index in [1.807, 2.05) is 24.4 Å². The van der Waals surface area contributed by atoms with Gasteiger partial charge in [0.2, 0.25) is 0 Å². The largest absolute Gasteiger partial charge is 0.483 e. The molecule has 0 saturated carbocycles. The Hall–Kier alpha value is -1.37. The van der Waals surface area contributed by atoms with Crippen molar-refractivity contribution in [3.8, 4) is 5.75 Å². The topological polar surface area (TPSA) is 69.4 Å². The second kappa shape index (κ2) is 5.95. The highest BCUT2D eigenvalue weighted by Crippen LogP contribution is 2.28. The molecule has 0 saturated heterocycles. The lowest BCUT2D eigenvalue weighted by Gasteiger charge is -2.21. The molecule has 0 aliphatic heterocycles. The highest BCUT2D eigenvalue weighted by Gasteiger charge is 2.20. The summed E-state index contributed by atoms with van der Waals surface area (Å²) in [5.41, 5.74) is 5.96. The first-order chi connectivity index (χ1) is 9.38. The quantitative estimate of drug-likeness (QED) is 0.921. The van der Waals surface area contributed by atoms with Crippen LogP contribution in [0, 0.1) is 0 Å². The predicted molar refractivity (Wildman–Crippen MR) is 80.9 cm³/mol. The van der Waals surface area contributed by atoms with E-state index in [0.29, 0.717) is 5.75 Å². The van der Waals surface area contributed by atoms with Gasteiger partial charge >= 0.3 is 0 Å². The molecule has 108 valence electrons. The fraction of sp³-hybridized carbons (Fsp3) is 0.286. The van der Waals surface area contributed by atoms with Crippen molar-refractivity contribution in [2.45, 2.75) is 24.0 Å². The van der Waals surface area contributed by atoms with E-state index in [1.165, 1.54) is 12.3 Å². The van der Waals surface area contributed by atoms with Gasteiger partial charge in [0.1, 0.15) is 11.9 Å². The lowest BCUT2D eigenvalue weighted by atomic mass is 10.1. The molecule has 2 rings (SSSR count). The van der Waals surface area contributed by atoms with E-state index in [1.54, 1.807) is 29.5 Å². The SMILES string of the molecule is CC(N)C(Oc1cccc(S(C)(=O)=O)c1)c1cccs1. The van der Waals surface area contributed by atoms with Gasteiger partial charge in [-0.2, -0.15) is 0 Å². The van der Waals surface area contributed by atoms with Crippen molar-refractivity contribution in [1.82, 2.24) is 0 Å². The molecule has 2 N–H and O–H groups in total. The van der Waals surface area contributed by atoms with Crippen molar-refractivity contribution in [1.29, 1.82) is 0 Å². The lowest BCUT2D eigenvalue weighted by Crippen LogP contribution is -2.28. The normalized spacial score (nSPS) is 14.8. The molecule has 2 aromatic rings. The number of thiophene rings is 1. The van der Waals surface area contributed by atoms with Gasteiger partial charge in [-0.3, -0.25) is 0 Å². The fourth-order valence-electron chi connectivity index (χ4n) is 1.80. The Morgan fingerprint density at radius 1 is 1.25 bits per heavy atom. The zero-order valence-corrected chi connectivity index (χ0v) is 12.9. The van der Waals surface area contributed by atoms with Crippen LogP contribution < -0.4 is 10.5 Å². The molecule has 2 atom stereocenters. The number of hydrogen-bond acceptors (Lipinski definition) is 5. The third-order valence-corrected chi connectivity index (χ3v) is 4.84. The summed E-state index contributed by atoms with van der Waals surface area (Å²) in [6, 6.07) is 10.2. The molecule has 0 radical (unpaired) electrons. The number of rotatable bonds is 5. The van der Waals surface area contributed by atoms with E-state index in [2.05, 4.69) is 0 Å². The zero-order valence-electron chi connectivity index (χ0n) is 11.3. The van der Waals surface area contributed by atoms with Gasteiger partial charge < -0.3 is 10.5 Å². The fourth-order valence-corrected chi connectivity index (χ4v) is 3.33. The number of nitrogens with two attached hydrogens (primary N) is 1. The molecule has 0 aliphatic rings. The average molecular weight is 311 g/mol. The summed E-state index contributed by atoms with van der Waals surface area (Å²) in [5, 5.41) is 1.96. The van der Waals surface area contributed by atoms with Gasteiger partial charge in [-0.15, -0.1) is 11.3 Å². The van der Waals surface area contributed by atoms with E-state index < -0.39 is 9.84 Å². The molecule has 0 aliphatic carbocycles. The van der Waals surface area contributed by atoms with Crippen LogP contribution in [0.4, 0.5) is 0 Å². The van der Waals surface area contributed by atoms with Crippen molar-refractivity contribution in [3.05, 3.63) is 46.7 Å². The second-order valence-electron chi connectivity index (χ2n) is 4.66. The van der Waals surface area contributed by atoms with Crippen LogP contribution in [0.5, 0.6) is 5.75 Å². The van der Waals surface area contributed by atoms with Crippen molar-refractivity contribution in [2.24, 2.45) is 5.73 Å². The van der Waals surface area contributed by atoms with E-state index in [-0.39, 0.29) is 17.0 Å². The minimum absolute atomic E-state index is 0.199. The van der Waals surface area contributed by atoms with E-state index >= 15 is 0 Å². The van der Waals surface area contributed by atoms with Crippen molar-refractivity contribution >= 4 is 21.2 Å². The van der Waals surface area contributed by atoms with E-state index in [0.717, 1.165) is 4.88 Å². The summed E-state index contributed by atoms with van der Waals surface area (Å²) in [4.78, 5) is 1.26. The highest BCUT2D eigenvalue weighted by molar-refractivity contribution is 7.90. The van der Waals surface area contributed by atoms with Crippen molar-refractivity contribution in [3.63, 3.8) is 0 Å². The number of benzene rings is 1. The maximum atomic E-state index is 11.6. The molecular formula is C14H17NO3S2. The monoisotopic (exact) mass is 311 g/mol. The Bertz CT molecular complexity index is 663. The van der Waals surface area contributed by atoms with E-state index in [4.69, 9.17) is 10.5 Å². The van der Waals surface area contributed by atoms with Crippen LogP contribution in [-0.2, 0) is 9.84 Å². The summed E-state index contributed by atoms with van der Waals surface area (Å²) in [5.74, 6) is 0.503. The summed E-state index contributed by atoms with van der Waals surface area (Å²) in [6.45, 7) is 1.87. The lowest BCUT2D eigenvalue weighted by molar-refractivity contribution is 0.183. The van der Waals surface area contributed by atoms with Gasteiger partial charge in [0.15, 0.2) is 9.84 Å². The highest BCUT2D eigenvalue weighted by atomic mass is 32.2. The Labute approximate surface area is 123 Å². The van der Waals surface area contributed by atoms with Gasteiger partial charge in [0.25, 0.3) is 0 Å². The van der Waals surface area contributed by atoms with Crippen LogP contribution in [-0.4, -0.2) is 20.7 Å². The first-order valence-electron chi connectivity index (χ1n) is 6.13. The smallest absolute Gasteiger partial charge is 0.175 e. The Kier molecular flexibility index (Phi) is 4.47. The summed E-state index contributed by atoms with van der Waals surface area (Å²) in [6.07, 6.45) is 0.888. The maximum Gasteiger partial charge on any atom is 0.175 e. The number of hydrogen-bond donors (Lipinski definition) is 1. The Morgan fingerprint density at radius 2 is 2.00 bits per heavy atom. The van der Waals surface area contributed by atoms with E-state index in [9.17, 15) is 8.42 Å².